The van der Waals surface area contributed by atoms with Crippen LogP contribution in [0.5, 0.6) is 0 Å². The highest BCUT2D eigenvalue weighted by atomic mass is 32.2. The van der Waals surface area contributed by atoms with E-state index in [-0.39, 0.29) is 24.0 Å². The normalized spacial score (nSPS) is 10.7. The van der Waals surface area contributed by atoms with Crippen LogP contribution in [0.15, 0.2) is 33.9 Å². The monoisotopic (exact) mass is 308 g/mol. The molecule has 2 rings (SSSR count). The fourth-order valence-electron chi connectivity index (χ4n) is 1.71. The quantitative estimate of drug-likeness (QED) is 0.796. The number of amides is 1. The molecule has 2 aromatic rings. The topological polar surface area (TPSA) is 46.3 Å². The van der Waals surface area contributed by atoms with Crippen molar-refractivity contribution in [3.63, 3.8) is 0 Å². The van der Waals surface area contributed by atoms with Gasteiger partial charge < -0.3 is 9.32 Å². The maximum atomic E-state index is 13.5. The van der Waals surface area contributed by atoms with Crippen LogP contribution in [-0.4, -0.2) is 28.6 Å². The number of aryl methyl sites for hydroxylation is 2. The minimum absolute atomic E-state index is 0.100. The first-order valence-corrected chi connectivity index (χ1v) is 7.50. The number of oxazole rings is 1. The average molecular weight is 308 g/mol. The molecule has 0 aliphatic rings. The van der Waals surface area contributed by atoms with Gasteiger partial charge in [-0.25, -0.2) is 9.37 Å². The molecule has 0 radical (unpaired) electrons. The molecule has 0 saturated carbocycles. The van der Waals surface area contributed by atoms with Gasteiger partial charge in [0, 0.05) is 19.2 Å². The van der Waals surface area contributed by atoms with E-state index < -0.39 is 0 Å². The van der Waals surface area contributed by atoms with Crippen molar-refractivity contribution >= 4 is 17.7 Å². The van der Waals surface area contributed by atoms with Crippen LogP contribution in [0.4, 0.5) is 4.39 Å². The van der Waals surface area contributed by atoms with E-state index in [0.717, 1.165) is 11.5 Å². The molecule has 1 aromatic carbocycles. The van der Waals surface area contributed by atoms with Gasteiger partial charge in [0.2, 0.25) is 5.91 Å². The van der Waals surface area contributed by atoms with Crippen molar-refractivity contribution in [2.24, 2.45) is 0 Å². The molecule has 0 bridgehead atoms. The Labute approximate surface area is 127 Å². The summed E-state index contributed by atoms with van der Waals surface area (Å²) >= 11 is 1.24. The highest BCUT2D eigenvalue weighted by molar-refractivity contribution is 7.99. The van der Waals surface area contributed by atoms with E-state index in [2.05, 4.69) is 4.98 Å². The third kappa shape index (κ3) is 4.07. The largest absolute Gasteiger partial charge is 0.437 e. The van der Waals surface area contributed by atoms with Crippen LogP contribution in [0.25, 0.3) is 0 Å². The lowest BCUT2D eigenvalue weighted by atomic mass is 10.2. The Morgan fingerprint density at radius 3 is 2.71 bits per heavy atom. The molecule has 1 amide bonds. The number of carbonyl (C=O) groups excluding carboxylic acids is 1. The molecule has 4 nitrogen and oxygen atoms in total. The lowest BCUT2D eigenvalue weighted by molar-refractivity contribution is -0.127. The van der Waals surface area contributed by atoms with Crippen LogP contribution in [0, 0.1) is 19.7 Å². The number of nitrogens with zero attached hydrogens (tertiary/aromatic N) is 2. The van der Waals surface area contributed by atoms with Crippen molar-refractivity contribution < 1.29 is 13.6 Å². The summed E-state index contributed by atoms with van der Waals surface area (Å²) < 4.78 is 18.9. The van der Waals surface area contributed by atoms with E-state index in [1.807, 2.05) is 13.8 Å². The standard InChI is InChI=1S/C15H17FN2O2S/c1-10-11(2)20-15(17-10)21-9-14(19)18(3)8-12-6-4-5-7-13(12)16/h4-7H,8-9H2,1-3H3. The van der Waals surface area contributed by atoms with Crippen molar-refractivity contribution in [2.45, 2.75) is 25.6 Å². The van der Waals surface area contributed by atoms with Crippen molar-refractivity contribution in [1.82, 2.24) is 9.88 Å². The molecule has 0 atom stereocenters. The van der Waals surface area contributed by atoms with Crippen LogP contribution in [0.2, 0.25) is 0 Å². The lowest BCUT2D eigenvalue weighted by Gasteiger charge is -2.17. The maximum absolute atomic E-state index is 13.5. The zero-order valence-corrected chi connectivity index (χ0v) is 13.0. The Bertz CT molecular complexity index is 623. The van der Waals surface area contributed by atoms with Gasteiger partial charge in [-0.15, -0.1) is 0 Å². The third-order valence-electron chi connectivity index (χ3n) is 3.12. The first-order chi connectivity index (χ1) is 9.97. The van der Waals surface area contributed by atoms with Gasteiger partial charge in [-0.2, -0.15) is 0 Å². The van der Waals surface area contributed by atoms with E-state index in [1.54, 1.807) is 25.2 Å². The Kier molecular flexibility index (Phi) is 5.01. The van der Waals surface area contributed by atoms with E-state index >= 15 is 0 Å². The van der Waals surface area contributed by atoms with E-state index in [0.29, 0.717) is 10.8 Å². The number of carbonyl (C=O) groups is 1. The molecule has 6 heteroatoms. The van der Waals surface area contributed by atoms with Gasteiger partial charge in [-0.3, -0.25) is 4.79 Å². The minimum atomic E-state index is -0.302. The molecule has 0 fully saturated rings. The molecular weight excluding hydrogens is 291 g/mol. The second-order valence-corrected chi connectivity index (χ2v) is 5.68. The van der Waals surface area contributed by atoms with Gasteiger partial charge in [0.15, 0.2) is 0 Å². The summed E-state index contributed by atoms with van der Waals surface area (Å²) in [4.78, 5) is 17.7. The van der Waals surface area contributed by atoms with Crippen molar-refractivity contribution in [1.29, 1.82) is 0 Å². The Hall–Kier alpha value is -1.82. The minimum Gasteiger partial charge on any atom is -0.437 e. The first-order valence-electron chi connectivity index (χ1n) is 6.51. The van der Waals surface area contributed by atoms with Gasteiger partial charge in [0.1, 0.15) is 11.6 Å². The van der Waals surface area contributed by atoms with Crippen LogP contribution in [-0.2, 0) is 11.3 Å². The number of hydrogen-bond acceptors (Lipinski definition) is 4. The summed E-state index contributed by atoms with van der Waals surface area (Å²) in [6.45, 7) is 3.93. The smallest absolute Gasteiger partial charge is 0.256 e. The summed E-state index contributed by atoms with van der Waals surface area (Å²) in [7, 11) is 1.65. The van der Waals surface area contributed by atoms with Gasteiger partial charge in [-0.1, -0.05) is 30.0 Å². The zero-order chi connectivity index (χ0) is 15.4. The predicted octanol–water partition coefficient (Wildman–Crippen LogP) is 3.18. The average Bonchev–Trinajstić information content (AvgIpc) is 2.77. The summed E-state index contributed by atoms with van der Waals surface area (Å²) in [6, 6.07) is 6.45. The van der Waals surface area contributed by atoms with E-state index in [1.165, 1.54) is 22.7 Å². The maximum Gasteiger partial charge on any atom is 0.256 e. The predicted molar refractivity (Wildman–Crippen MR) is 79.6 cm³/mol. The molecule has 0 saturated heterocycles. The van der Waals surface area contributed by atoms with E-state index in [4.69, 9.17) is 4.42 Å². The number of benzene rings is 1. The molecule has 112 valence electrons. The van der Waals surface area contributed by atoms with Crippen molar-refractivity contribution in [3.8, 4) is 0 Å². The second-order valence-electron chi connectivity index (χ2n) is 4.75. The Balaban J connectivity index is 1.89. The zero-order valence-electron chi connectivity index (χ0n) is 12.2. The fraction of sp³-hybridized carbons (Fsp3) is 0.333. The molecule has 1 aromatic heterocycles. The van der Waals surface area contributed by atoms with Gasteiger partial charge in [0.05, 0.1) is 11.4 Å². The van der Waals surface area contributed by atoms with Gasteiger partial charge in [-0.05, 0) is 19.9 Å². The van der Waals surface area contributed by atoms with Crippen LogP contribution < -0.4 is 0 Å². The molecule has 0 unspecified atom stereocenters. The molecule has 0 aliphatic carbocycles. The molecule has 1 heterocycles. The second kappa shape index (κ2) is 6.76. The Morgan fingerprint density at radius 2 is 2.10 bits per heavy atom. The number of thioether (sulfide) groups is 1. The first kappa shape index (κ1) is 15.6. The number of halogens is 1. The highest BCUT2D eigenvalue weighted by Crippen LogP contribution is 2.20. The van der Waals surface area contributed by atoms with Gasteiger partial charge in [0.25, 0.3) is 5.22 Å². The molecule has 0 aliphatic heterocycles. The SMILES string of the molecule is Cc1nc(SCC(=O)N(C)Cc2ccccc2F)oc1C. The lowest BCUT2D eigenvalue weighted by Crippen LogP contribution is -2.28. The molecule has 0 N–H and O–H groups in total. The van der Waals surface area contributed by atoms with Crippen molar-refractivity contribution in [3.05, 3.63) is 47.1 Å². The summed E-state index contributed by atoms with van der Waals surface area (Å²) in [5, 5.41) is 0.484. The van der Waals surface area contributed by atoms with Crippen LogP contribution in [0.3, 0.4) is 0 Å². The molecular formula is C15H17FN2O2S. The number of aromatic nitrogens is 1. The van der Waals surface area contributed by atoms with E-state index in [9.17, 15) is 9.18 Å². The van der Waals surface area contributed by atoms with Crippen molar-refractivity contribution in [2.75, 3.05) is 12.8 Å². The number of hydrogen-bond donors (Lipinski definition) is 0. The Morgan fingerprint density at radius 1 is 1.38 bits per heavy atom. The number of rotatable bonds is 5. The fourth-order valence-corrected chi connectivity index (χ4v) is 2.56. The molecule has 21 heavy (non-hydrogen) atoms. The van der Waals surface area contributed by atoms with Crippen LogP contribution in [0.1, 0.15) is 17.0 Å². The summed E-state index contributed by atoms with van der Waals surface area (Å²) in [6.07, 6.45) is 0. The highest BCUT2D eigenvalue weighted by Gasteiger charge is 2.14. The van der Waals surface area contributed by atoms with Gasteiger partial charge >= 0.3 is 0 Å². The molecule has 0 spiro atoms. The third-order valence-corrected chi connectivity index (χ3v) is 3.93. The summed E-state index contributed by atoms with van der Waals surface area (Å²) in [5.41, 5.74) is 1.32. The van der Waals surface area contributed by atoms with Crippen LogP contribution >= 0.6 is 11.8 Å². The summed E-state index contributed by atoms with van der Waals surface area (Å²) in [5.74, 6) is 0.565.